The number of anilines is 2. The Morgan fingerprint density at radius 2 is 1.88 bits per heavy atom. The topological polar surface area (TPSA) is 90.5 Å². The van der Waals surface area contributed by atoms with E-state index in [0.717, 1.165) is 31.2 Å². The van der Waals surface area contributed by atoms with Gasteiger partial charge in [-0.3, -0.25) is 4.79 Å². The fourth-order valence-corrected chi connectivity index (χ4v) is 3.46. The first-order chi connectivity index (χ1) is 11.8. The molecule has 0 saturated heterocycles. The first kappa shape index (κ1) is 19.2. The molecular formula is C19H29N3O3. The van der Waals surface area contributed by atoms with Crippen molar-refractivity contribution in [2.75, 3.05) is 17.2 Å². The fourth-order valence-electron chi connectivity index (χ4n) is 3.46. The highest BCUT2D eigenvalue weighted by atomic mass is 16.3. The van der Waals surface area contributed by atoms with Crippen LogP contribution in [0.5, 0.6) is 0 Å². The zero-order chi connectivity index (χ0) is 18.4. The lowest BCUT2D eigenvalue weighted by atomic mass is 9.76. The van der Waals surface area contributed by atoms with E-state index in [0.29, 0.717) is 11.4 Å². The molecule has 2 rings (SSSR count). The van der Waals surface area contributed by atoms with Gasteiger partial charge in [-0.05, 0) is 50.3 Å². The summed E-state index contributed by atoms with van der Waals surface area (Å²) in [7, 11) is 0. The maximum atomic E-state index is 12.4. The number of amides is 3. The van der Waals surface area contributed by atoms with Gasteiger partial charge in [0.2, 0.25) is 5.91 Å². The van der Waals surface area contributed by atoms with E-state index in [1.807, 2.05) is 19.9 Å². The second-order valence-corrected chi connectivity index (χ2v) is 7.20. The Balaban J connectivity index is 2.04. The number of nitrogens with one attached hydrogen (secondary N) is 3. The second kappa shape index (κ2) is 8.34. The van der Waals surface area contributed by atoms with Crippen LogP contribution < -0.4 is 16.0 Å². The zero-order valence-electron chi connectivity index (χ0n) is 15.3. The molecule has 1 fully saturated rings. The molecule has 25 heavy (non-hydrogen) atoms. The van der Waals surface area contributed by atoms with Gasteiger partial charge in [0.15, 0.2) is 0 Å². The largest absolute Gasteiger partial charge is 0.394 e. The Labute approximate surface area is 149 Å². The van der Waals surface area contributed by atoms with Crippen LogP contribution in [0, 0.1) is 12.8 Å². The van der Waals surface area contributed by atoms with E-state index in [1.54, 1.807) is 12.1 Å². The van der Waals surface area contributed by atoms with Crippen LogP contribution in [0.2, 0.25) is 0 Å². The third-order valence-corrected chi connectivity index (χ3v) is 5.04. The van der Waals surface area contributed by atoms with Crippen LogP contribution in [0.15, 0.2) is 18.2 Å². The smallest absolute Gasteiger partial charge is 0.319 e. The van der Waals surface area contributed by atoms with Crippen molar-refractivity contribution in [2.45, 2.75) is 58.4 Å². The molecule has 0 aromatic heterocycles. The monoisotopic (exact) mass is 347 g/mol. The summed E-state index contributed by atoms with van der Waals surface area (Å²) in [5.41, 5.74) is 1.55. The highest BCUT2D eigenvalue weighted by Gasteiger charge is 2.35. The highest BCUT2D eigenvalue weighted by Crippen LogP contribution is 2.32. The number of rotatable bonds is 5. The van der Waals surface area contributed by atoms with Crippen molar-refractivity contribution in [1.82, 2.24) is 5.32 Å². The van der Waals surface area contributed by atoms with Gasteiger partial charge in [0.25, 0.3) is 0 Å². The quantitative estimate of drug-likeness (QED) is 0.658. The summed E-state index contributed by atoms with van der Waals surface area (Å²) in [6.45, 7) is 5.15. The van der Waals surface area contributed by atoms with Crippen LogP contribution in [-0.2, 0) is 4.79 Å². The number of carbonyl (C=O) groups is 2. The Bertz CT molecular complexity index is 626. The molecule has 138 valence electrons. The van der Waals surface area contributed by atoms with Gasteiger partial charge in [-0.15, -0.1) is 0 Å². The SMILES string of the molecule is CC(=O)Nc1cc(NC(=O)N[C@](C)(CO)C2CCCCC2)ccc1C. The molecule has 1 saturated carbocycles. The number of carbonyl (C=O) groups excluding carboxylic acids is 2. The van der Waals surface area contributed by atoms with Crippen LogP contribution in [0.1, 0.15) is 51.5 Å². The lowest BCUT2D eigenvalue weighted by molar-refractivity contribution is -0.114. The molecule has 0 radical (unpaired) electrons. The van der Waals surface area contributed by atoms with E-state index in [1.165, 1.54) is 13.3 Å². The van der Waals surface area contributed by atoms with Gasteiger partial charge in [-0.2, -0.15) is 0 Å². The molecule has 1 aromatic carbocycles. The van der Waals surface area contributed by atoms with Crippen molar-refractivity contribution in [3.8, 4) is 0 Å². The molecule has 1 atom stereocenters. The minimum atomic E-state index is -0.629. The number of hydrogen-bond acceptors (Lipinski definition) is 3. The van der Waals surface area contributed by atoms with E-state index in [9.17, 15) is 14.7 Å². The molecular weight excluding hydrogens is 318 g/mol. The van der Waals surface area contributed by atoms with Gasteiger partial charge in [-0.25, -0.2) is 4.79 Å². The van der Waals surface area contributed by atoms with Crippen LogP contribution >= 0.6 is 0 Å². The van der Waals surface area contributed by atoms with Crippen molar-refractivity contribution in [3.63, 3.8) is 0 Å². The average Bonchev–Trinajstić information content (AvgIpc) is 2.58. The Morgan fingerprint density at radius 3 is 2.48 bits per heavy atom. The van der Waals surface area contributed by atoms with Crippen molar-refractivity contribution in [2.24, 2.45) is 5.92 Å². The van der Waals surface area contributed by atoms with Crippen LogP contribution in [0.3, 0.4) is 0 Å². The standard InChI is InChI=1S/C19H29N3O3/c1-13-9-10-16(11-17(13)20-14(2)24)21-18(25)22-19(3,12-23)15-7-5-4-6-8-15/h9-11,15,23H,4-8,12H2,1-3H3,(H,20,24)(H2,21,22,25)/t19-/m1/s1. The van der Waals surface area contributed by atoms with Gasteiger partial charge in [0.1, 0.15) is 0 Å². The van der Waals surface area contributed by atoms with Crippen LogP contribution in [-0.4, -0.2) is 29.2 Å². The molecule has 0 spiro atoms. The molecule has 1 aliphatic carbocycles. The number of aryl methyl sites for hydroxylation is 1. The summed E-state index contributed by atoms with van der Waals surface area (Å²) in [4.78, 5) is 23.7. The number of aliphatic hydroxyl groups is 1. The van der Waals surface area contributed by atoms with Crippen molar-refractivity contribution in [3.05, 3.63) is 23.8 Å². The number of hydrogen-bond donors (Lipinski definition) is 4. The molecule has 3 amide bonds. The van der Waals surface area contributed by atoms with E-state index >= 15 is 0 Å². The number of benzene rings is 1. The van der Waals surface area contributed by atoms with Gasteiger partial charge in [-0.1, -0.05) is 25.3 Å². The molecule has 0 bridgehead atoms. The molecule has 1 aliphatic rings. The van der Waals surface area contributed by atoms with E-state index < -0.39 is 5.54 Å². The summed E-state index contributed by atoms with van der Waals surface area (Å²) in [6, 6.07) is 5.01. The minimum absolute atomic E-state index is 0.0872. The number of aliphatic hydroxyl groups excluding tert-OH is 1. The third-order valence-electron chi connectivity index (χ3n) is 5.04. The predicted octanol–water partition coefficient (Wildman–Crippen LogP) is 3.41. The maximum absolute atomic E-state index is 12.4. The van der Waals surface area contributed by atoms with E-state index in [4.69, 9.17) is 0 Å². The lowest BCUT2D eigenvalue weighted by Gasteiger charge is -2.39. The summed E-state index contributed by atoms with van der Waals surface area (Å²) < 4.78 is 0. The third kappa shape index (κ3) is 5.19. The summed E-state index contributed by atoms with van der Waals surface area (Å²) in [6.07, 6.45) is 5.55. The molecule has 4 N–H and O–H groups in total. The van der Waals surface area contributed by atoms with Gasteiger partial charge < -0.3 is 21.1 Å². The zero-order valence-corrected chi connectivity index (χ0v) is 15.3. The second-order valence-electron chi connectivity index (χ2n) is 7.20. The van der Waals surface area contributed by atoms with Crippen molar-refractivity contribution < 1.29 is 14.7 Å². The average molecular weight is 347 g/mol. The highest BCUT2D eigenvalue weighted by molar-refractivity contribution is 5.93. The van der Waals surface area contributed by atoms with E-state index in [-0.39, 0.29) is 24.5 Å². The fraction of sp³-hybridized carbons (Fsp3) is 0.579. The Kier molecular flexibility index (Phi) is 6.42. The summed E-state index contributed by atoms with van der Waals surface area (Å²) >= 11 is 0. The molecule has 1 aromatic rings. The first-order valence-electron chi connectivity index (χ1n) is 8.92. The maximum Gasteiger partial charge on any atom is 0.319 e. The Morgan fingerprint density at radius 1 is 1.20 bits per heavy atom. The normalized spacial score (nSPS) is 17.4. The molecule has 0 unspecified atom stereocenters. The summed E-state index contributed by atoms with van der Waals surface area (Å²) in [5, 5.41) is 18.3. The minimum Gasteiger partial charge on any atom is -0.394 e. The molecule has 6 heteroatoms. The van der Waals surface area contributed by atoms with Gasteiger partial charge >= 0.3 is 6.03 Å². The first-order valence-corrected chi connectivity index (χ1v) is 8.92. The number of urea groups is 1. The van der Waals surface area contributed by atoms with Gasteiger partial charge in [0, 0.05) is 18.3 Å². The predicted molar refractivity (Wildman–Crippen MR) is 99.7 cm³/mol. The van der Waals surface area contributed by atoms with Crippen LogP contribution in [0.4, 0.5) is 16.2 Å². The van der Waals surface area contributed by atoms with Crippen molar-refractivity contribution in [1.29, 1.82) is 0 Å². The van der Waals surface area contributed by atoms with Crippen molar-refractivity contribution >= 4 is 23.3 Å². The lowest BCUT2D eigenvalue weighted by Crippen LogP contribution is -2.55. The van der Waals surface area contributed by atoms with Gasteiger partial charge in [0.05, 0.1) is 12.1 Å². The Hall–Kier alpha value is -2.08. The molecule has 0 aliphatic heterocycles. The van der Waals surface area contributed by atoms with Crippen LogP contribution in [0.25, 0.3) is 0 Å². The van der Waals surface area contributed by atoms with E-state index in [2.05, 4.69) is 16.0 Å². The molecule has 6 nitrogen and oxygen atoms in total. The molecule has 0 heterocycles. The summed E-state index contributed by atoms with van der Waals surface area (Å²) in [5.74, 6) is 0.125.